The monoisotopic (exact) mass is 363 g/mol. The molecule has 140 valence electrons. The van der Waals surface area contributed by atoms with Crippen molar-refractivity contribution in [1.82, 2.24) is 15.2 Å². The number of carbonyl (C=O) groups is 2. The fraction of sp³-hybridized carbons (Fsp3) is 0.409. The van der Waals surface area contributed by atoms with Gasteiger partial charge in [0.15, 0.2) is 0 Å². The van der Waals surface area contributed by atoms with Crippen LogP contribution in [0.2, 0.25) is 0 Å². The maximum atomic E-state index is 12.5. The number of benzene rings is 1. The summed E-state index contributed by atoms with van der Waals surface area (Å²) in [6.07, 6.45) is 7.60. The van der Waals surface area contributed by atoms with Crippen LogP contribution in [-0.4, -0.2) is 40.8 Å². The fourth-order valence-corrected chi connectivity index (χ4v) is 4.27. The van der Waals surface area contributed by atoms with Gasteiger partial charge >= 0.3 is 0 Å². The molecule has 4 rings (SSSR count). The Kier molecular flexibility index (Phi) is 5.19. The molecule has 0 unspecified atom stereocenters. The van der Waals surface area contributed by atoms with E-state index in [2.05, 4.69) is 34.6 Å². The summed E-state index contributed by atoms with van der Waals surface area (Å²) in [5, 5.41) is 3.19. The van der Waals surface area contributed by atoms with Gasteiger partial charge in [-0.3, -0.25) is 14.6 Å². The molecule has 0 bridgehead atoms. The summed E-state index contributed by atoms with van der Waals surface area (Å²) < 4.78 is 0. The first-order valence-corrected chi connectivity index (χ1v) is 9.77. The van der Waals surface area contributed by atoms with Crippen LogP contribution >= 0.6 is 0 Å². The smallest absolute Gasteiger partial charge is 0.253 e. The van der Waals surface area contributed by atoms with E-state index < -0.39 is 0 Å². The zero-order chi connectivity index (χ0) is 18.6. The number of pyridine rings is 1. The van der Waals surface area contributed by atoms with Gasteiger partial charge in [-0.2, -0.15) is 0 Å². The highest BCUT2D eigenvalue weighted by Gasteiger charge is 2.27. The summed E-state index contributed by atoms with van der Waals surface area (Å²) in [4.78, 5) is 30.8. The van der Waals surface area contributed by atoms with Gasteiger partial charge in [0.2, 0.25) is 5.91 Å². The van der Waals surface area contributed by atoms with Crippen molar-refractivity contribution in [2.45, 2.75) is 44.1 Å². The van der Waals surface area contributed by atoms with E-state index in [9.17, 15) is 9.59 Å². The molecule has 2 aliphatic rings. The maximum Gasteiger partial charge on any atom is 0.253 e. The first-order valence-electron chi connectivity index (χ1n) is 9.77. The molecule has 1 aliphatic carbocycles. The first-order chi connectivity index (χ1) is 13.2. The summed E-state index contributed by atoms with van der Waals surface area (Å²) in [6.45, 7) is 1.36. The quantitative estimate of drug-likeness (QED) is 0.908. The average Bonchev–Trinajstić information content (AvgIpc) is 3.11. The van der Waals surface area contributed by atoms with E-state index in [1.165, 1.54) is 11.1 Å². The molecular formula is C22H25N3O2. The standard InChI is InChI=1S/C22H25N3O2/c26-21(15-18-6-5-16-3-1-2-4-20(16)18)24-19-9-13-25(14-10-19)22(27)17-7-11-23-12-8-17/h1-4,7-8,11-12,18-19H,5-6,9-10,13-15H2,(H,24,26)/t18-/m0/s1. The van der Waals surface area contributed by atoms with E-state index >= 15 is 0 Å². The molecular weight excluding hydrogens is 338 g/mol. The summed E-state index contributed by atoms with van der Waals surface area (Å²) in [7, 11) is 0. The van der Waals surface area contributed by atoms with Crippen LogP contribution in [0.1, 0.15) is 53.1 Å². The third kappa shape index (κ3) is 4.02. The van der Waals surface area contributed by atoms with Crippen LogP contribution in [0, 0.1) is 0 Å². The Hall–Kier alpha value is -2.69. The van der Waals surface area contributed by atoms with E-state index in [4.69, 9.17) is 0 Å². The molecule has 1 atom stereocenters. The lowest BCUT2D eigenvalue weighted by Crippen LogP contribution is -2.46. The number of carbonyl (C=O) groups excluding carboxylic acids is 2. The minimum atomic E-state index is 0.0461. The number of amides is 2. The van der Waals surface area contributed by atoms with Gasteiger partial charge in [0, 0.05) is 43.5 Å². The normalized spacial score (nSPS) is 19.6. The molecule has 1 aromatic heterocycles. The van der Waals surface area contributed by atoms with E-state index in [0.29, 0.717) is 31.0 Å². The number of likely N-dealkylation sites (tertiary alicyclic amines) is 1. The lowest BCUT2D eigenvalue weighted by molar-refractivity contribution is -0.122. The van der Waals surface area contributed by atoms with Gasteiger partial charge in [0.1, 0.15) is 0 Å². The highest BCUT2D eigenvalue weighted by atomic mass is 16.2. The molecule has 0 radical (unpaired) electrons. The van der Waals surface area contributed by atoms with E-state index in [1.807, 2.05) is 4.90 Å². The van der Waals surface area contributed by atoms with Gasteiger partial charge in [-0.05, 0) is 54.9 Å². The molecule has 0 saturated carbocycles. The Morgan fingerprint density at radius 3 is 2.56 bits per heavy atom. The zero-order valence-electron chi connectivity index (χ0n) is 15.4. The van der Waals surface area contributed by atoms with Gasteiger partial charge in [0.25, 0.3) is 5.91 Å². The number of rotatable bonds is 4. The highest BCUT2D eigenvalue weighted by molar-refractivity contribution is 5.94. The van der Waals surface area contributed by atoms with Crippen LogP contribution in [0.25, 0.3) is 0 Å². The summed E-state index contributed by atoms with van der Waals surface area (Å²) >= 11 is 0. The molecule has 1 saturated heterocycles. The Labute approximate surface area is 159 Å². The maximum absolute atomic E-state index is 12.5. The first kappa shape index (κ1) is 17.7. The van der Waals surface area contributed by atoms with Crippen molar-refractivity contribution in [3.8, 4) is 0 Å². The molecule has 2 heterocycles. The Morgan fingerprint density at radius 1 is 1.04 bits per heavy atom. The van der Waals surface area contributed by atoms with Crippen LogP contribution in [-0.2, 0) is 11.2 Å². The number of hydrogen-bond donors (Lipinski definition) is 1. The van der Waals surface area contributed by atoms with Crippen molar-refractivity contribution in [1.29, 1.82) is 0 Å². The van der Waals surface area contributed by atoms with Crippen LogP contribution in [0.15, 0.2) is 48.8 Å². The minimum absolute atomic E-state index is 0.0461. The highest BCUT2D eigenvalue weighted by Crippen LogP contribution is 2.35. The number of aryl methyl sites for hydroxylation is 1. The van der Waals surface area contributed by atoms with Crippen LogP contribution in [0.5, 0.6) is 0 Å². The molecule has 1 fully saturated rings. The Morgan fingerprint density at radius 2 is 1.78 bits per heavy atom. The molecule has 1 aromatic carbocycles. The van der Waals surface area contributed by atoms with Crippen LogP contribution in [0.3, 0.4) is 0 Å². The third-order valence-corrected chi connectivity index (χ3v) is 5.76. The number of piperidine rings is 1. The van der Waals surface area contributed by atoms with Crippen LogP contribution < -0.4 is 5.32 Å². The lowest BCUT2D eigenvalue weighted by Gasteiger charge is -2.32. The predicted octanol–water partition coefficient (Wildman–Crippen LogP) is 2.92. The Balaban J connectivity index is 1.26. The summed E-state index contributed by atoms with van der Waals surface area (Å²) in [6, 6.07) is 12.1. The molecule has 2 aromatic rings. The van der Waals surface area contributed by atoms with Gasteiger partial charge in [-0.15, -0.1) is 0 Å². The molecule has 2 amide bonds. The van der Waals surface area contributed by atoms with Gasteiger partial charge in [-0.1, -0.05) is 24.3 Å². The number of hydrogen-bond acceptors (Lipinski definition) is 3. The van der Waals surface area contributed by atoms with Crippen molar-refractivity contribution in [3.05, 3.63) is 65.5 Å². The van der Waals surface area contributed by atoms with Crippen LogP contribution in [0.4, 0.5) is 0 Å². The molecule has 1 aliphatic heterocycles. The van der Waals surface area contributed by atoms with Crippen molar-refractivity contribution in [2.75, 3.05) is 13.1 Å². The van der Waals surface area contributed by atoms with E-state index in [-0.39, 0.29) is 17.9 Å². The molecule has 1 N–H and O–H groups in total. The zero-order valence-corrected chi connectivity index (χ0v) is 15.4. The van der Waals surface area contributed by atoms with E-state index in [0.717, 1.165) is 25.7 Å². The predicted molar refractivity (Wildman–Crippen MR) is 103 cm³/mol. The summed E-state index contributed by atoms with van der Waals surface area (Å²) in [5.41, 5.74) is 3.40. The van der Waals surface area contributed by atoms with Gasteiger partial charge < -0.3 is 10.2 Å². The number of fused-ring (bicyclic) bond motifs is 1. The number of nitrogens with zero attached hydrogens (tertiary/aromatic N) is 2. The number of aromatic nitrogens is 1. The largest absolute Gasteiger partial charge is 0.353 e. The SMILES string of the molecule is O=C(C[C@@H]1CCc2ccccc21)NC1CCN(C(=O)c2ccncc2)CC1. The molecule has 5 heteroatoms. The van der Waals surface area contributed by atoms with Gasteiger partial charge in [0.05, 0.1) is 0 Å². The fourth-order valence-electron chi connectivity index (χ4n) is 4.27. The summed E-state index contributed by atoms with van der Waals surface area (Å²) in [5.74, 6) is 0.523. The number of nitrogens with one attached hydrogen (secondary N) is 1. The van der Waals surface area contributed by atoms with Crippen molar-refractivity contribution in [3.63, 3.8) is 0 Å². The molecule has 5 nitrogen and oxygen atoms in total. The van der Waals surface area contributed by atoms with Gasteiger partial charge in [-0.25, -0.2) is 0 Å². The second-order valence-electron chi connectivity index (χ2n) is 7.51. The second kappa shape index (κ2) is 7.91. The Bertz CT molecular complexity index is 813. The van der Waals surface area contributed by atoms with Crippen molar-refractivity contribution in [2.24, 2.45) is 0 Å². The second-order valence-corrected chi connectivity index (χ2v) is 7.51. The minimum Gasteiger partial charge on any atom is -0.353 e. The van der Waals surface area contributed by atoms with E-state index in [1.54, 1.807) is 24.5 Å². The third-order valence-electron chi connectivity index (χ3n) is 5.76. The topological polar surface area (TPSA) is 62.3 Å². The average molecular weight is 363 g/mol. The molecule has 0 spiro atoms. The van der Waals surface area contributed by atoms with Crippen molar-refractivity contribution < 1.29 is 9.59 Å². The lowest BCUT2D eigenvalue weighted by atomic mass is 9.96. The molecule has 27 heavy (non-hydrogen) atoms. The van der Waals surface area contributed by atoms with Crippen molar-refractivity contribution >= 4 is 11.8 Å².